The minimum absolute atomic E-state index is 0.149. The van der Waals surface area contributed by atoms with E-state index in [2.05, 4.69) is 53.8 Å². The molecule has 0 fully saturated rings. The third-order valence-electron chi connectivity index (χ3n) is 4.98. The molecule has 1 aromatic heterocycles. The van der Waals surface area contributed by atoms with Crippen molar-refractivity contribution in [3.8, 4) is 0 Å². The summed E-state index contributed by atoms with van der Waals surface area (Å²) in [5.41, 5.74) is 5.63. The standard InChI is InChI=1S/C24H26F2N4O/c1-14-7-15(2)20(16(3)8-14)13-28-22-6-5-21(24(27-4)30-22)29-23(31)11-17-9-18(25)12-19(26)10-17/h5-10,12H,11,13H2,1-4H3,(H,29,31)(H2,27,28,30). The van der Waals surface area contributed by atoms with Crippen LogP contribution < -0.4 is 16.0 Å². The molecular weight excluding hydrogens is 398 g/mol. The molecule has 0 aliphatic heterocycles. The van der Waals surface area contributed by atoms with Gasteiger partial charge in [-0.3, -0.25) is 4.79 Å². The molecule has 162 valence electrons. The molecule has 31 heavy (non-hydrogen) atoms. The summed E-state index contributed by atoms with van der Waals surface area (Å²) >= 11 is 0. The lowest BCUT2D eigenvalue weighted by atomic mass is 10.00. The Bertz CT molecular complexity index is 1070. The number of halogens is 2. The van der Waals surface area contributed by atoms with Crippen LogP contribution in [0.25, 0.3) is 0 Å². The van der Waals surface area contributed by atoms with Gasteiger partial charge in [-0.25, -0.2) is 13.8 Å². The van der Waals surface area contributed by atoms with Crippen LogP contribution in [0.3, 0.4) is 0 Å². The van der Waals surface area contributed by atoms with E-state index in [1.807, 2.05) is 0 Å². The van der Waals surface area contributed by atoms with Crippen LogP contribution in [0.4, 0.5) is 26.1 Å². The van der Waals surface area contributed by atoms with Crippen molar-refractivity contribution < 1.29 is 13.6 Å². The second-order valence-corrected chi connectivity index (χ2v) is 7.58. The van der Waals surface area contributed by atoms with Crippen LogP contribution in [0.5, 0.6) is 0 Å². The van der Waals surface area contributed by atoms with Crippen molar-refractivity contribution in [1.29, 1.82) is 0 Å². The monoisotopic (exact) mass is 424 g/mol. The summed E-state index contributed by atoms with van der Waals surface area (Å²) in [5.74, 6) is -0.672. The predicted octanol–water partition coefficient (Wildman–Crippen LogP) is 5.12. The summed E-state index contributed by atoms with van der Waals surface area (Å²) in [6.07, 6.45) is -0.149. The first-order chi connectivity index (χ1) is 14.7. The number of hydrogen-bond acceptors (Lipinski definition) is 4. The summed E-state index contributed by atoms with van der Waals surface area (Å²) in [6, 6.07) is 10.9. The van der Waals surface area contributed by atoms with Crippen LogP contribution >= 0.6 is 0 Å². The number of nitrogens with zero attached hydrogens (tertiary/aromatic N) is 1. The number of rotatable bonds is 7. The number of anilines is 3. The fourth-order valence-electron chi connectivity index (χ4n) is 3.61. The smallest absolute Gasteiger partial charge is 0.228 e. The number of aryl methyl sites for hydroxylation is 3. The first-order valence-corrected chi connectivity index (χ1v) is 9.99. The molecular formula is C24H26F2N4O. The molecule has 0 aliphatic carbocycles. The summed E-state index contributed by atoms with van der Waals surface area (Å²) in [5, 5.41) is 9.03. The maximum absolute atomic E-state index is 13.3. The van der Waals surface area contributed by atoms with Crippen molar-refractivity contribution in [2.24, 2.45) is 0 Å². The molecule has 0 unspecified atom stereocenters. The van der Waals surface area contributed by atoms with Crippen LogP contribution in [-0.4, -0.2) is 17.9 Å². The van der Waals surface area contributed by atoms with Crippen LogP contribution in [0.1, 0.15) is 27.8 Å². The van der Waals surface area contributed by atoms with Gasteiger partial charge in [0.25, 0.3) is 0 Å². The van der Waals surface area contributed by atoms with Crippen molar-refractivity contribution in [3.05, 3.63) is 81.9 Å². The molecule has 0 saturated carbocycles. The Labute approximate surface area is 180 Å². The highest BCUT2D eigenvalue weighted by Crippen LogP contribution is 2.23. The third-order valence-corrected chi connectivity index (χ3v) is 4.98. The Balaban J connectivity index is 1.69. The van der Waals surface area contributed by atoms with Gasteiger partial charge in [0, 0.05) is 19.7 Å². The van der Waals surface area contributed by atoms with Gasteiger partial charge in [-0.05, 0) is 67.3 Å². The van der Waals surface area contributed by atoms with E-state index in [1.165, 1.54) is 22.3 Å². The van der Waals surface area contributed by atoms with Gasteiger partial charge in [-0.2, -0.15) is 0 Å². The molecule has 5 nitrogen and oxygen atoms in total. The maximum Gasteiger partial charge on any atom is 0.228 e. The summed E-state index contributed by atoms with van der Waals surface area (Å²) in [6.45, 7) is 6.89. The highest BCUT2D eigenvalue weighted by atomic mass is 19.1. The van der Waals surface area contributed by atoms with Crippen molar-refractivity contribution in [3.63, 3.8) is 0 Å². The molecule has 7 heteroatoms. The zero-order valence-corrected chi connectivity index (χ0v) is 18.1. The van der Waals surface area contributed by atoms with E-state index in [-0.39, 0.29) is 12.0 Å². The third kappa shape index (κ3) is 5.78. The van der Waals surface area contributed by atoms with E-state index in [9.17, 15) is 13.6 Å². The Morgan fingerprint density at radius 1 is 0.968 bits per heavy atom. The van der Waals surface area contributed by atoms with Crippen LogP contribution in [0.15, 0.2) is 42.5 Å². The van der Waals surface area contributed by atoms with Gasteiger partial charge >= 0.3 is 0 Å². The average Bonchev–Trinajstić information content (AvgIpc) is 2.67. The Morgan fingerprint density at radius 3 is 2.23 bits per heavy atom. The van der Waals surface area contributed by atoms with E-state index in [4.69, 9.17) is 0 Å². The number of carbonyl (C=O) groups excluding carboxylic acids is 1. The van der Waals surface area contributed by atoms with Crippen LogP contribution in [-0.2, 0) is 17.8 Å². The van der Waals surface area contributed by atoms with E-state index in [0.29, 0.717) is 23.9 Å². The quantitative estimate of drug-likeness (QED) is 0.493. The van der Waals surface area contributed by atoms with E-state index < -0.39 is 17.5 Å². The lowest BCUT2D eigenvalue weighted by molar-refractivity contribution is -0.115. The number of benzene rings is 2. The molecule has 0 atom stereocenters. The molecule has 0 bridgehead atoms. The SMILES string of the molecule is CNc1nc(NCc2c(C)cc(C)cc2C)ccc1NC(=O)Cc1cc(F)cc(F)c1. The summed E-state index contributed by atoms with van der Waals surface area (Å²) < 4.78 is 26.7. The molecule has 3 rings (SSSR count). The Morgan fingerprint density at radius 2 is 1.61 bits per heavy atom. The lowest BCUT2D eigenvalue weighted by Gasteiger charge is -2.15. The van der Waals surface area contributed by atoms with Gasteiger partial charge in [0.1, 0.15) is 17.5 Å². The number of amides is 1. The number of nitrogens with one attached hydrogen (secondary N) is 3. The molecule has 1 amide bonds. The van der Waals surface area contributed by atoms with Gasteiger partial charge < -0.3 is 16.0 Å². The highest BCUT2D eigenvalue weighted by Gasteiger charge is 2.11. The van der Waals surface area contributed by atoms with Crippen molar-refractivity contribution >= 4 is 23.2 Å². The van der Waals surface area contributed by atoms with E-state index in [0.717, 1.165) is 18.2 Å². The average molecular weight is 424 g/mol. The zero-order chi connectivity index (χ0) is 22.5. The van der Waals surface area contributed by atoms with Gasteiger partial charge in [0.05, 0.1) is 12.1 Å². The largest absolute Gasteiger partial charge is 0.371 e. The van der Waals surface area contributed by atoms with E-state index >= 15 is 0 Å². The Kier molecular flexibility index (Phi) is 6.84. The first-order valence-electron chi connectivity index (χ1n) is 9.99. The Hall–Kier alpha value is -3.48. The normalized spacial score (nSPS) is 10.6. The van der Waals surface area contributed by atoms with Crippen LogP contribution in [0.2, 0.25) is 0 Å². The second-order valence-electron chi connectivity index (χ2n) is 7.58. The number of pyridine rings is 1. The fourth-order valence-corrected chi connectivity index (χ4v) is 3.61. The van der Waals surface area contributed by atoms with Gasteiger partial charge in [0.2, 0.25) is 5.91 Å². The molecule has 0 radical (unpaired) electrons. The number of hydrogen-bond donors (Lipinski definition) is 3. The summed E-state index contributed by atoms with van der Waals surface area (Å²) in [7, 11) is 1.71. The molecule has 0 saturated heterocycles. The van der Waals surface area contributed by atoms with Crippen molar-refractivity contribution in [1.82, 2.24) is 4.98 Å². The molecule has 0 spiro atoms. The molecule has 3 aromatic rings. The molecule has 2 aromatic carbocycles. The minimum atomic E-state index is -0.713. The second kappa shape index (κ2) is 9.55. The lowest BCUT2D eigenvalue weighted by Crippen LogP contribution is -2.16. The zero-order valence-electron chi connectivity index (χ0n) is 18.1. The maximum atomic E-state index is 13.3. The summed E-state index contributed by atoms with van der Waals surface area (Å²) in [4.78, 5) is 16.9. The highest BCUT2D eigenvalue weighted by molar-refractivity contribution is 5.95. The number of aromatic nitrogens is 1. The first kappa shape index (κ1) is 22.2. The number of carbonyl (C=O) groups is 1. The topological polar surface area (TPSA) is 66.1 Å². The van der Waals surface area contributed by atoms with E-state index in [1.54, 1.807) is 19.2 Å². The minimum Gasteiger partial charge on any atom is -0.371 e. The van der Waals surface area contributed by atoms with Crippen molar-refractivity contribution in [2.75, 3.05) is 23.0 Å². The van der Waals surface area contributed by atoms with Crippen molar-refractivity contribution in [2.45, 2.75) is 33.7 Å². The predicted molar refractivity (Wildman–Crippen MR) is 120 cm³/mol. The molecule has 0 aliphatic rings. The van der Waals surface area contributed by atoms with Gasteiger partial charge in [-0.15, -0.1) is 0 Å². The molecule has 3 N–H and O–H groups in total. The van der Waals surface area contributed by atoms with Gasteiger partial charge in [0.15, 0.2) is 5.82 Å². The molecule has 1 heterocycles. The van der Waals surface area contributed by atoms with Crippen LogP contribution in [0, 0.1) is 32.4 Å². The fraction of sp³-hybridized carbons (Fsp3) is 0.250. The van der Waals surface area contributed by atoms with Gasteiger partial charge in [-0.1, -0.05) is 17.7 Å².